The number of carboxylic acids is 1. The molecule has 0 aromatic heterocycles. The van der Waals surface area contributed by atoms with E-state index in [0.29, 0.717) is 0 Å². The molecule has 0 aliphatic carbocycles. The van der Waals surface area contributed by atoms with E-state index >= 15 is 0 Å². The van der Waals surface area contributed by atoms with Gasteiger partial charge in [-0.15, -0.1) is 11.8 Å². The summed E-state index contributed by atoms with van der Waals surface area (Å²) in [5.74, 6) is 1.20. The molecule has 1 aromatic carbocycles. The number of ether oxygens (including phenoxy) is 1. The number of hydrogen-bond acceptors (Lipinski definition) is 3. The number of benzene rings is 1. The third-order valence-corrected chi connectivity index (χ3v) is 3.92. The van der Waals surface area contributed by atoms with Crippen LogP contribution in [0, 0.1) is 0 Å². The molecule has 0 amide bonds. The van der Waals surface area contributed by atoms with Crippen LogP contribution in [0.2, 0.25) is 0 Å². The summed E-state index contributed by atoms with van der Waals surface area (Å²) >= 11 is 1.79. The van der Waals surface area contributed by atoms with Gasteiger partial charge in [-0.05, 0) is 41.9 Å². The number of rotatable bonds is 3. The highest BCUT2D eigenvalue weighted by Gasteiger charge is 2.23. The second-order valence-corrected chi connectivity index (χ2v) is 4.97. The Morgan fingerprint density at radius 2 is 2.44 bits per heavy atom. The van der Waals surface area contributed by atoms with Crippen molar-refractivity contribution in [3.8, 4) is 5.75 Å². The molecule has 0 radical (unpaired) electrons. The minimum Gasteiger partial charge on any atom is -0.497 e. The Hall–Kier alpha value is -1.16. The molecule has 0 saturated carbocycles. The van der Waals surface area contributed by atoms with Crippen molar-refractivity contribution in [1.82, 2.24) is 0 Å². The van der Waals surface area contributed by atoms with Crippen molar-refractivity contribution in [3.63, 3.8) is 0 Å². The molecule has 0 saturated heterocycles. The van der Waals surface area contributed by atoms with Gasteiger partial charge in [-0.3, -0.25) is 4.79 Å². The predicted octanol–water partition coefficient (Wildman–Crippen LogP) is 2.75. The normalized spacial score (nSPS) is 18.9. The number of thioether (sulfide) groups is 1. The van der Waals surface area contributed by atoms with Gasteiger partial charge in [0, 0.05) is 4.90 Å². The van der Waals surface area contributed by atoms with Crippen molar-refractivity contribution in [2.45, 2.75) is 23.7 Å². The van der Waals surface area contributed by atoms with Gasteiger partial charge < -0.3 is 9.84 Å². The summed E-state index contributed by atoms with van der Waals surface area (Å²) in [6, 6.07) is 5.91. The molecule has 3 nitrogen and oxygen atoms in total. The van der Waals surface area contributed by atoms with Crippen LogP contribution in [0.3, 0.4) is 0 Å². The molecule has 0 bridgehead atoms. The lowest BCUT2D eigenvalue weighted by Gasteiger charge is -2.24. The molecular weight excluding hydrogens is 224 g/mol. The van der Waals surface area contributed by atoms with E-state index in [9.17, 15) is 4.79 Å². The zero-order valence-corrected chi connectivity index (χ0v) is 9.92. The van der Waals surface area contributed by atoms with E-state index in [1.165, 1.54) is 4.90 Å². The Bertz CT molecular complexity index is 403. The van der Waals surface area contributed by atoms with Crippen molar-refractivity contribution in [3.05, 3.63) is 23.8 Å². The fourth-order valence-electron chi connectivity index (χ4n) is 1.99. The van der Waals surface area contributed by atoms with Crippen LogP contribution < -0.4 is 4.74 Å². The SMILES string of the molecule is COc1ccc2c(c1)C(CC(=O)O)CCS2. The molecule has 1 aliphatic heterocycles. The molecule has 1 atom stereocenters. The lowest BCUT2D eigenvalue weighted by molar-refractivity contribution is -0.137. The molecule has 86 valence electrons. The van der Waals surface area contributed by atoms with Gasteiger partial charge >= 0.3 is 5.97 Å². The zero-order chi connectivity index (χ0) is 11.5. The lowest BCUT2D eigenvalue weighted by Crippen LogP contribution is -2.12. The average molecular weight is 238 g/mol. The first-order valence-electron chi connectivity index (χ1n) is 5.23. The highest BCUT2D eigenvalue weighted by atomic mass is 32.2. The number of methoxy groups -OCH3 is 1. The Morgan fingerprint density at radius 3 is 3.12 bits per heavy atom. The number of fused-ring (bicyclic) bond motifs is 1. The number of hydrogen-bond donors (Lipinski definition) is 1. The third kappa shape index (κ3) is 2.32. The van der Waals surface area contributed by atoms with E-state index in [4.69, 9.17) is 9.84 Å². The molecule has 1 unspecified atom stereocenters. The highest BCUT2D eigenvalue weighted by molar-refractivity contribution is 7.99. The molecule has 4 heteroatoms. The summed E-state index contributed by atoms with van der Waals surface area (Å²) in [6.45, 7) is 0. The van der Waals surface area contributed by atoms with Gasteiger partial charge in [0.2, 0.25) is 0 Å². The molecule has 0 spiro atoms. The minimum atomic E-state index is -0.731. The topological polar surface area (TPSA) is 46.5 Å². The van der Waals surface area contributed by atoms with Gasteiger partial charge in [-0.25, -0.2) is 0 Å². The van der Waals surface area contributed by atoms with Crippen LogP contribution in [0.4, 0.5) is 0 Å². The van der Waals surface area contributed by atoms with Gasteiger partial charge in [0.25, 0.3) is 0 Å². The van der Waals surface area contributed by atoms with Crippen molar-refractivity contribution < 1.29 is 14.6 Å². The van der Waals surface area contributed by atoms with Gasteiger partial charge in [0.15, 0.2) is 0 Å². The fourth-order valence-corrected chi connectivity index (χ4v) is 3.17. The summed E-state index contributed by atoms with van der Waals surface area (Å²) in [5, 5.41) is 8.88. The van der Waals surface area contributed by atoms with Crippen LogP contribution in [0.25, 0.3) is 0 Å². The largest absolute Gasteiger partial charge is 0.497 e. The first-order chi connectivity index (χ1) is 7.70. The van der Waals surface area contributed by atoms with Crippen molar-refractivity contribution >= 4 is 17.7 Å². The molecule has 1 aromatic rings. The van der Waals surface area contributed by atoms with E-state index in [1.807, 2.05) is 18.2 Å². The minimum absolute atomic E-state index is 0.129. The number of carbonyl (C=O) groups is 1. The van der Waals surface area contributed by atoms with Crippen molar-refractivity contribution in [1.29, 1.82) is 0 Å². The van der Waals surface area contributed by atoms with E-state index in [2.05, 4.69) is 0 Å². The van der Waals surface area contributed by atoms with Crippen LogP contribution in [-0.2, 0) is 4.79 Å². The fraction of sp³-hybridized carbons (Fsp3) is 0.417. The average Bonchev–Trinajstić information content (AvgIpc) is 2.28. The quantitative estimate of drug-likeness (QED) is 0.879. The van der Waals surface area contributed by atoms with Gasteiger partial charge in [-0.1, -0.05) is 0 Å². The van der Waals surface area contributed by atoms with E-state index in [1.54, 1.807) is 18.9 Å². The summed E-state index contributed by atoms with van der Waals surface area (Å²) < 4.78 is 5.18. The van der Waals surface area contributed by atoms with Crippen LogP contribution in [0.5, 0.6) is 5.75 Å². The maximum absolute atomic E-state index is 10.8. The van der Waals surface area contributed by atoms with Gasteiger partial charge in [0.1, 0.15) is 5.75 Å². The first-order valence-corrected chi connectivity index (χ1v) is 6.22. The zero-order valence-electron chi connectivity index (χ0n) is 9.10. The molecule has 1 aliphatic rings. The van der Waals surface area contributed by atoms with Crippen LogP contribution in [0.15, 0.2) is 23.1 Å². The maximum Gasteiger partial charge on any atom is 0.303 e. The summed E-state index contributed by atoms with van der Waals surface area (Å²) in [6.07, 6.45) is 1.14. The molecular formula is C12H14O3S. The Morgan fingerprint density at radius 1 is 1.62 bits per heavy atom. The second kappa shape index (κ2) is 4.78. The predicted molar refractivity (Wildman–Crippen MR) is 63.3 cm³/mol. The van der Waals surface area contributed by atoms with E-state index in [-0.39, 0.29) is 12.3 Å². The second-order valence-electron chi connectivity index (χ2n) is 3.84. The van der Waals surface area contributed by atoms with Crippen molar-refractivity contribution in [2.75, 3.05) is 12.9 Å². The molecule has 1 heterocycles. The molecule has 0 fully saturated rings. The van der Waals surface area contributed by atoms with Gasteiger partial charge in [0.05, 0.1) is 13.5 Å². The summed E-state index contributed by atoms with van der Waals surface area (Å²) in [4.78, 5) is 12.0. The Kier molecular flexibility index (Phi) is 3.39. The molecule has 2 rings (SSSR count). The summed E-state index contributed by atoms with van der Waals surface area (Å²) in [7, 11) is 1.63. The lowest BCUT2D eigenvalue weighted by atomic mass is 9.92. The van der Waals surface area contributed by atoms with Crippen LogP contribution >= 0.6 is 11.8 Å². The van der Waals surface area contributed by atoms with E-state index < -0.39 is 5.97 Å². The Labute approximate surface area is 98.8 Å². The third-order valence-electron chi connectivity index (χ3n) is 2.80. The van der Waals surface area contributed by atoms with Crippen molar-refractivity contribution in [2.24, 2.45) is 0 Å². The Balaban J connectivity index is 2.31. The first kappa shape index (κ1) is 11.3. The summed E-state index contributed by atoms with van der Waals surface area (Å²) in [5.41, 5.74) is 1.12. The monoisotopic (exact) mass is 238 g/mol. The maximum atomic E-state index is 10.8. The van der Waals surface area contributed by atoms with E-state index in [0.717, 1.165) is 23.5 Å². The molecule has 16 heavy (non-hydrogen) atoms. The van der Waals surface area contributed by atoms with Gasteiger partial charge in [-0.2, -0.15) is 0 Å². The smallest absolute Gasteiger partial charge is 0.303 e. The molecule has 1 N–H and O–H groups in total. The number of aliphatic carboxylic acids is 1. The highest BCUT2D eigenvalue weighted by Crippen LogP contribution is 2.40. The van der Waals surface area contributed by atoms with Crippen LogP contribution in [-0.4, -0.2) is 23.9 Å². The standard InChI is InChI=1S/C12H14O3S/c1-15-9-2-3-11-10(7-9)8(4-5-16-11)6-12(13)14/h2-3,7-8H,4-6H2,1H3,(H,13,14). The van der Waals surface area contributed by atoms with Crippen LogP contribution in [0.1, 0.15) is 24.3 Å². The number of carboxylic acid groups (broad SMARTS) is 1.